The van der Waals surface area contributed by atoms with E-state index in [9.17, 15) is 0 Å². The van der Waals surface area contributed by atoms with Crippen LogP contribution in [0, 0.1) is 0 Å². The van der Waals surface area contributed by atoms with Crippen LogP contribution in [0.4, 0.5) is 0 Å². The van der Waals surface area contributed by atoms with Crippen LogP contribution in [-0.4, -0.2) is 29.4 Å². The molecule has 0 aliphatic heterocycles. The third kappa shape index (κ3) is 36.0. The molecular formula is C16H38OSn. The summed E-state index contributed by atoms with van der Waals surface area (Å²) in [5, 5.41) is 0. The molecule has 0 atom stereocenters. The van der Waals surface area contributed by atoms with Gasteiger partial charge in [0, 0.05) is 23.9 Å². The van der Waals surface area contributed by atoms with Crippen molar-refractivity contribution in [1.82, 2.24) is 0 Å². The van der Waals surface area contributed by atoms with Gasteiger partial charge in [0.2, 0.25) is 0 Å². The Morgan fingerprint density at radius 1 is 0.389 bits per heavy atom. The molecule has 0 heterocycles. The molecule has 2 N–H and O–H groups in total. The Bertz CT molecular complexity index is 73.1. The third-order valence-corrected chi connectivity index (χ3v) is 2.91. The number of rotatable bonds is 10. The Morgan fingerprint density at radius 2 is 0.556 bits per heavy atom. The molecule has 4 radical (unpaired) electrons. The maximum absolute atomic E-state index is 2.26. The standard InChI is InChI=1S/2C8H18.H2O.Sn/c2*1-3-5-7-8-6-4-2;;/h2*3-8H2,1-2H3;1H2;. The van der Waals surface area contributed by atoms with Crippen molar-refractivity contribution in [1.29, 1.82) is 0 Å². The predicted octanol–water partition coefficient (Wildman–Crippen LogP) is 5.53. The minimum atomic E-state index is 0. The van der Waals surface area contributed by atoms with E-state index in [0.29, 0.717) is 0 Å². The van der Waals surface area contributed by atoms with Gasteiger partial charge in [-0.05, 0) is 0 Å². The van der Waals surface area contributed by atoms with Gasteiger partial charge in [0.05, 0.1) is 0 Å². The molecule has 0 aromatic rings. The molecule has 0 unspecified atom stereocenters. The molecular weight excluding hydrogens is 327 g/mol. The van der Waals surface area contributed by atoms with E-state index in [1.165, 1.54) is 77.0 Å². The zero-order chi connectivity index (χ0) is 12.5. The van der Waals surface area contributed by atoms with Gasteiger partial charge in [0.15, 0.2) is 0 Å². The minimum absolute atomic E-state index is 0. The van der Waals surface area contributed by atoms with Crippen LogP contribution in [0.2, 0.25) is 0 Å². The maximum atomic E-state index is 2.26. The fourth-order valence-corrected chi connectivity index (χ4v) is 1.71. The van der Waals surface area contributed by atoms with E-state index in [1.54, 1.807) is 0 Å². The Kier molecular flexibility index (Phi) is 46.2. The first-order valence-corrected chi connectivity index (χ1v) is 7.83. The second-order valence-electron chi connectivity index (χ2n) is 4.83. The van der Waals surface area contributed by atoms with Gasteiger partial charge in [-0.1, -0.05) is 105 Å². The molecule has 0 aromatic heterocycles. The Labute approximate surface area is 134 Å². The van der Waals surface area contributed by atoms with Gasteiger partial charge in [0.1, 0.15) is 0 Å². The summed E-state index contributed by atoms with van der Waals surface area (Å²) in [7, 11) is 0. The van der Waals surface area contributed by atoms with Gasteiger partial charge in [-0.25, -0.2) is 0 Å². The van der Waals surface area contributed by atoms with Crippen molar-refractivity contribution in [3.8, 4) is 0 Å². The van der Waals surface area contributed by atoms with E-state index in [4.69, 9.17) is 0 Å². The Hall–Kier alpha value is 0.759. The molecule has 0 saturated heterocycles. The van der Waals surface area contributed by atoms with Crippen LogP contribution in [0.3, 0.4) is 0 Å². The summed E-state index contributed by atoms with van der Waals surface area (Å²) in [5.41, 5.74) is 0. The van der Waals surface area contributed by atoms with Crippen molar-refractivity contribution in [3.63, 3.8) is 0 Å². The molecule has 0 fully saturated rings. The quantitative estimate of drug-likeness (QED) is 0.360. The normalized spacial score (nSPS) is 8.67. The van der Waals surface area contributed by atoms with Crippen molar-refractivity contribution >= 4 is 23.9 Å². The zero-order valence-electron chi connectivity index (χ0n) is 13.5. The van der Waals surface area contributed by atoms with E-state index in [0.717, 1.165) is 0 Å². The zero-order valence-corrected chi connectivity index (χ0v) is 16.3. The minimum Gasteiger partial charge on any atom is -0.412 e. The maximum Gasteiger partial charge on any atom is 0 e. The van der Waals surface area contributed by atoms with Crippen LogP contribution in [0.15, 0.2) is 0 Å². The predicted molar refractivity (Wildman–Crippen MR) is 87.5 cm³/mol. The monoisotopic (exact) mass is 366 g/mol. The van der Waals surface area contributed by atoms with Crippen LogP contribution in [-0.2, 0) is 0 Å². The average molecular weight is 365 g/mol. The van der Waals surface area contributed by atoms with Crippen LogP contribution in [0.5, 0.6) is 0 Å². The molecule has 2 heteroatoms. The molecule has 0 amide bonds. The van der Waals surface area contributed by atoms with Crippen LogP contribution in [0.1, 0.15) is 105 Å². The van der Waals surface area contributed by atoms with Crippen molar-refractivity contribution in [2.45, 2.75) is 105 Å². The summed E-state index contributed by atoms with van der Waals surface area (Å²) in [4.78, 5) is 0. The van der Waals surface area contributed by atoms with E-state index >= 15 is 0 Å². The van der Waals surface area contributed by atoms with Gasteiger partial charge in [-0.3, -0.25) is 0 Å². The molecule has 112 valence electrons. The van der Waals surface area contributed by atoms with Crippen LogP contribution >= 0.6 is 0 Å². The Balaban J connectivity index is -0.0000000980. The second-order valence-corrected chi connectivity index (χ2v) is 4.83. The van der Waals surface area contributed by atoms with E-state index in [-0.39, 0.29) is 29.4 Å². The Morgan fingerprint density at radius 3 is 0.667 bits per heavy atom. The second kappa shape index (κ2) is 30.6. The van der Waals surface area contributed by atoms with Gasteiger partial charge >= 0.3 is 0 Å². The van der Waals surface area contributed by atoms with Crippen LogP contribution in [0.25, 0.3) is 0 Å². The van der Waals surface area contributed by atoms with Crippen LogP contribution < -0.4 is 0 Å². The summed E-state index contributed by atoms with van der Waals surface area (Å²) in [5.74, 6) is 0. The molecule has 0 rings (SSSR count). The van der Waals surface area contributed by atoms with Crippen molar-refractivity contribution < 1.29 is 5.48 Å². The van der Waals surface area contributed by atoms with Gasteiger partial charge in [-0.2, -0.15) is 0 Å². The van der Waals surface area contributed by atoms with Crippen molar-refractivity contribution in [3.05, 3.63) is 0 Å². The summed E-state index contributed by atoms with van der Waals surface area (Å²) < 4.78 is 0. The van der Waals surface area contributed by atoms with Gasteiger partial charge in [-0.15, -0.1) is 0 Å². The summed E-state index contributed by atoms with van der Waals surface area (Å²) in [6.07, 6.45) is 17.0. The van der Waals surface area contributed by atoms with Gasteiger partial charge < -0.3 is 5.48 Å². The molecule has 0 aliphatic carbocycles. The van der Waals surface area contributed by atoms with E-state index in [1.807, 2.05) is 0 Å². The summed E-state index contributed by atoms with van der Waals surface area (Å²) >= 11 is 0. The van der Waals surface area contributed by atoms with Crippen molar-refractivity contribution in [2.24, 2.45) is 0 Å². The number of unbranched alkanes of at least 4 members (excludes halogenated alkanes) is 10. The summed E-state index contributed by atoms with van der Waals surface area (Å²) in [6, 6.07) is 0. The molecule has 0 aromatic carbocycles. The molecule has 0 spiro atoms. The first-order chi connectivity index (χ1) is 7.83. The number of hydrogen-bond donors (Lipinski definition) is 0. The number of hydrogen-bond acceptors (Lipinski definition) is 0. The first kappa shape index (κ1) is 27.2. The van der Waals surface area contributed by atoms with Gasteiger partial charge in [0.25, 0.3) is 0 Å². The molecule has 0 aliphatic rings. The molecule has 0 bridgehead atoms. The topological polar surface area (TPSA) is 31.5 Å². The first-order valence-electron chi connectivity index (χ1n) is 7.83. The van der Waals surface area contributed by atoms with E-state index in [2.05, 4.69) is 27.7 Å². The largest absolute Gasteiger partial charge is 0.412 e. The molecule has 18 heavy (non-hydrogen) atoms. The van der Waals surface area contributed by atoms with E-state index < -0.39 is 0 Å². The SMILES string of the molecule is CCCCCCCC.CCCCCCCC.O.[Sn]. The third-order valence-electron chi connectivity index (χ3n) is 2.91. The summed E-state index contributed by atoms with van der Waals surface area (Å²) in [6.45, 7) is 9.02. The van der Waals surface area contributed by atoms with Crippen molar-refractivity contribution in [2.75, 3.05) is 0 Å². The fraction of sp³-hybridized carbons (Fsp3) is 1.00. The fourth-order valence-electron chi connectivity index (χ4n) is 1.71. The molecule has 1 nitrogen and oxygen atoms in total. The average Bonchev–Trinajstić information content (AvgIpc) is 2.31. The smallest absolute Gasteiger partial charge is 0 e. The molecule has 0 saturated carbocycles.